The van der Waals surface area contributed by atoms with E-state index in [0.29, 0.717) is 0 Å². The summed E-state index contributed by atoms with van der Waals surface area (Å²) in [5.41, 5.74) is 0. The third-order valence-electron chi connectivity index (χ3n) is 2.98. The van der Waals surface area contributed by atoms with Crippen molar-refractivity contribution in [2.45, 2.75) is 42.0 Å². The fourth-order valence-corrected chi connectivity index (χ4v) is 3.74. The zero-order valence-corrected chi connectivity index (χ0v) is 11.2. The van der Waals surface area contributed by atoms with E-state index < -0.39 is 10.0 Å². The molecule has 1 aliphatic rings. The van der Waals surface area contributed by atoms with Crippen molar-refractivity contribution in [2.24, 2.45) is 7.05 Å². The normalized spacial score (nSPS) is 26.0. The van der Waals surface area contributed by atoms with Crippen LogP contribution >= 0.6 is 11.6 Å². The molecule has 1 aromatic rings. The average Bonchev–Trinajstić information content (AvgIpc) is 2.69. The first-order valence-electron chi connectivity index (χ1n) is 5.64. The number of alkyl halides is 1. The Morgan fingerprint density at radius 3 is 2.76 bits per heavy atom. The molecule has 1 N–H and O–H groups in total. The lowest BCUT2D eigenvalue weighted by molar-refractivity contribution is 0.418. The first-order valence-corrected chi connectivity index (χ1v) is 7.56. The number of rotatable bonds is 3. The van der Waals surface area contributed by atoms with Crippen molar-refractivity contribution in [1.82, 2.24) is 14.5 Å². The molecule has 1 aliphatic carbocycles. The Kier molecular flexibility index (Phi) is 3.75. The van der Waals surface area contributed by atoms with Gasteiger partial charge < -0.3 is 0 Å². The van der Waals surface area contributed by atoms with Crippen LogP contribution in [0.25, 0.3) is 0 Å². The van der Waals surface area contributed by atoms with Crippen LogP contribution in [0.1, 0.15) is 25.7 Å². The van der Waals surface area contributed by atoms with Crippen LogP contribution in [0.4, 0.5) is 0 Å². The van der Waals surface area contributed by atoms with Crippen molar-refractivity contribution in [3.05, 3.63) is 12.4 Å². The maximum Gasteiger partial charge on any atom is 0.243 e. The van der Waals surface area contributed by atoms with E-state index in [2.05, 4.69) is 9.82 Å². The Bertz CT molecular complexity index is 485. The van der Waals surface area contributed by atoms with E-state index in [4.69, 9.17) is 11.6 Å². The lowest BCUT2D eigenvalue weighted by atomic mass is 9.96. The number of nitrogens with zero attached hydrogens (tertiary/aromatic N) is 2. The molecule has 96 valence electrons. The van der Waals surface area contributed by atoms with Crippen LogP contribution in [0.5, 0.6) is 0 Å². The van der Waals surface area contributed by atoms with Gasteiger partial charge in [-0.3, -0.25) is 4.68 Å². The van der Waals surface area contributed by atoms with Crippen molar-refractivity contribution >= 4 is 21.6 Å². The molecule has 1 fully saturated rings. The molecule has 0 saturated heterocycles. The number of sulfonamides is 1. The number of nitrogens with one attached hydrogen (secondary N) is 1. The predicted molar refractivity (Wildman–Crippen MR) is 65.4 cm³/mol. The molecule has 2 atom stereocenters. The molecule has 17 heavy (non-hydrogen) atoms. The highest BCUT2D eigenvalue weighted by molar-refractivity contribution is 7.89. The first kappa shape index (κ1) is 12.9. The number of aromatic nitrogens is 2. The molecule has 1 heterocycles. The minimum absolute atomic E-state index is 0.116. The lowest BCUT2D eigenvalue weighted by Crippen LogP contribution is -2.42. The van der Waals surface area contributed by atoms with Gasteiger partial charge in [-0.05, 0) is 12.8 Å². The van der Waals surface area contributed by atoms with Crippen LogP contribution in [-0.2, 0) is 17.1 Å². The molecule has 0 bridgehead atoms. The maximum absolute atomic E-state index is 12.0. The van der Waals surface area contributed by atoms with E-state index in [9.17, 15) is 8.42 Å². The average molecular weight is 278 g/mol. The second-order valence-electron chi connectivity index (χ2n) is 4.38. The summed E-state index contributed by atoms with van der Waals surface area (Å²) in [6.45, 7) is 0. The van der Waals surface area contributed by atoms with E-state index in [1.807, 2.05) is 0 Å². The third-order valence-corrected chi connectivity index (χ3v) is 4.95. The molecule has 1 saturated carbocycles. The summed E-state index contributed by atoms with van der Waals surface area (Å²) in [7, 11) is -1.81. The SMILES string of the molecule is Cn1cc(S(=O)(=O)NC2CCCCC2Cl)cn1. The molecular formula is C10H16ClN3O2S. The number of aryl methyl sites for hydroxylation is 1. The third kappa shape index (κ3) is 3.00. The quantitative estimate of drug-likeness (QED) is 0.846. The zero-order chi connectivity index (χ0) is 12.5. The van der Waals surface area contributed by atoms with Crippen LogP contribution < -0.4 is 4.72 Å². The molecule has 0 amide bonds. The summed E-state index contributed by atoms with van der Waals surface area (Å²) >= 11 is 6.13. The Hall–Kier alpha value is -0.590. The first-order chi connectivity index (χ1) is 7.99. The van der Waals surface area contributed by atoms with Gasteiger partial charge in [0.2, 0.25) is 10.0 Å². The molecule has 2 unspecified atom stereocenters. The Morgan fingerprint density at radius 1 is 1.47 bits per heavy atom. The van der Waals surface area contributed by atoms with Gasteiger partial charge in [0, 0.05) is 24.7 Å². The minimum atomic E-state index is -3.49. The van der Waals surface area contributed by atoms with Gasteiger partial charge in [-0.25, -0.2) is 13.1 Å². The highest BCUT2D eigenvalue weighted by Crippen LogP contribution is 2.24. The summed E-state index contributed by atoms with van der Waals surface area (Å²) in [5, 5.41) is 3.74. The molecule has 0 aromatic carbocycles. The lowest BCUT2D eigenvalue weighted by Gasteiger charge is -2.27. The van der Waals surface area contributed by atoms with Crippen molar-refractivity contribution in [2.75, 3.05) is 0 Å². The summed E-state index contributed by atoms with van der Waals surface area (Å²) in [6.07, 6.45) is 6.57. The molecule has 1 aromatic heterocycles. The highest BCUT2D eigenvalue weighted by Gasteiger charge is 2.28. The Morgan fingerprint density at radius 2 is 2.18 bits per heavy atom. The smallest absolute Gasteiger partial charge is 0.243 e. The van der Waals surface area contributed by atoms with Crippen molar-refractivity contribution < 1.29 is 8.42 Å². The zero-order valence-electron chi connectivity index (χ0n) is 9.63. The number of hydrogen-bond acceptors (Lipinski definition) is 3. The van der Waals surface area contributed by atoms with Gasteiger partial charge in [0.15, 0.2) is 0 Å². The van der Waals surface area contributed by atoms with Crippen molar-refractivity contribution in [1.29, 1.82) is 0 Å². The monoisotopic (exact) mass is 277 g/mol. The fraction of sp³-hybridized carbons (Fsp3) is 0.700. The maximum atomic E-state index is 12.0. The van der Waals surface area contributed by atoms with Crippen molar-refractivity contribution in [3.8, 4) is 0 Å². The fourth-order valence-electron chi connectivity index (χ4n) is 2.02. The molecular weight excluding hydrogens is 262 g/mol. The molecule has 7 heteroatoms. The van der Waals surface area contributed by atoms with Gasteiger partial charge in [-0.2, -0.15) is 5.10 Å². The molecule has 0 spiro atoms. The van der Waals surface area contributed by atoms with E-state index in [0.717, 1.165) is 25.7 Å². The summed E-state index contributed by atoms with van der Waals surface area (Å²) in [4.78, 5) is 0.189. The van der Waals surface area contributed by atoms with Crippen molar-refractivity contribution in [3.63, 3.8) is 0 Å². The molecule has 2 rings (SSSR count). The van der Waals surface area contributed by atoms with Gasteiger partial charge in [-0.1, -0.05) is 12.8 Å². The largest absolute Gasteiger partial charge is 0.274 e. The van der Waals surface area contributed by atoms with Crippen LogP contribution in [0.3, 0.4) is 0 Å². The van der Waals surface area contributed by atoms with Gasteiger partial charge in [0.05, 0.1) is 6.20 Å². The van der Waals surface area contributed by atoms with Gasteiger partial charge in [0.25, 0.3) is 0 Å². The van der Waals surface area contributed by atoms with Gasteiger partial charge in [0.1, 0.15) is 4.90 Å². The predicted octanol–water partition coefficient (Wildman–Crippen LogP) is 1.25. The second kappa shape index (κ2) is 4.96. The number of hydrogen-bond donors (Lipinski definition) is 1. The molecule has 5 nitrogen and oxygen atoms in total. The topological polar surface area (TPSA) is 64.0 Å². The summed E-state index contributed by atoms with van der Waals surface area (Å²) in [6, 6.07) is -0.171. The van der Waals surface area contributed by atoms with Gasteiger partial charge in [-0.15, -0.1) is 11.6 Å². The van der Waals surface area contributed by atoms with E-state index in [1.54, 1.807) is 7.05 Å². The number of halogens is 1. The summed E-state index contributed by atoms with van der Waals surface area (Å²) in [5.74, 6) is 0. The Balaban J connectivity index is 2.11. The van der Waals surface area contributed by atoms with Crippen LogP contribution in [0.2, 0.25) is 0 Å². The highest BCUT2D eigenvalue weighted by atomic mass is 35.5. The Labute approximate surface area is 106 Å². The van der Waals surface area contributed by atoms with Crippen LogP contribution in [0, 0.1) is 0 Å². The molecule has 0 radical (unpaired) electrons. The second-order valence-corrected chi connectivity index (χ2v) is 6.65. The minimum Gasteiger partial charge on any atom is -0.274 e. The standard InChI is InChI=1S/C10H16ClN3O2S/c1-14-7-8(6-12-14)17(15,16)13-10-5-3-2-4-9(10)11/h6-7,9-10,13H,2-5H2,1H3. The van der Waals surface area contributed by atoms with E-state index in [-0.39, 0.29) is 16.3 Å². The van der Waals surface area contributed by atoms with Gasteiger partial charge >= 0.3 is 0 Å². The van der Waals surface area contributed by atoms with Crippen LogP contribution in [0.15, 0.2) is 17.3 Å². The molecule has 0 aliphatic heterocycles. The van der Waals surface area contributed by atoms with Crippen LogP contribution in [-0.4, -0.2) is 29.6 Å². The van der Waals surface area contributed by atoms with E-state index in [1.165, 1.54) is 17.1 Å². The van der Waals surface area contributed by atoms with E-state index >= 15 is 0 Å². The summed E-state index contributed by atoms with van der Waals surface area (Å²) < 4.78 is 28.2.